The second kappa shape index (κ2) is 5.38. The van der Waals surface area contributed by atoms with E-state index in [1.165, 1.54) is 17.3 Å². The summed E-state index contributed by atoms with van der Waals surface area (Å²) in [6.45, 7) is 2.02. The minimum absolute atomic E-state index is 0.381. The van der Waals surface area contributed by atoms with E-state index >= 15 is 0 Å². The second-order valence-corrected chi connectivity index (χ2v) is 4.59. The van der Waals surface area contributed by atoms with Crippen LogP contribution in [0.3, 0.4) is 0 Å². The summed E-state index contributed by atoms with van der Waals surface area (Å²) in [4.78, 5) is 8.26. The Morgan fingerprint density at radius 1 is 1.18 bits per heavy atom. The lowest BCUT2D eigenvalue weighted by atomic mass is 10.2. The maximum atomic E-state index is 5.88. The Balaban J connectivity index is 2.23. The van der Waals surface area contributed by atoms with Crippen molar-refractivity contribution in [1.82, 2.24) is 9.97 Å². The Bertz CT molecular complexity index is 516. The first-order chi connectivity index (χ1) is 8.17. The molecule has 0 saturated carbocycles. The quantitative estimate of drug-likeness (QED) is 0.479. The zero-order valence-corrected chi connectivity index (χ0v) is 11.0. The van der Waals surface area contributed by atoms with E-state index in [9.17, 15) is 0 Å². The molecule has 0 amide bonds. The second-order valence-electron chi connectivity index (χ2n) is 3.43. The Kier molecular flexibility index (Phi) is 3.86. The van der Waals surface area contributed by atoms with Crippen LogP contribution in [0.5, 0.6) is 11.6 Å². The Labute approximate surface area is 109 Å². The summed E-state index contributed by atoms with van der Waals surface area (Å²) in [5, 5.41) is 0.978. The molecule has 0 bridgehead atoms. The van der Waals surface area contributed by atoms with Crippen LogP contribution in [0.4, 0.5) is 0 Å². The van der Waals surface area contributed by atoms with Gasteiger partial charge in [-0.3, -0.25) is 0 Å². The molecule has 1 aromatic heterocycles. The van der Waals surface area contributed by atoms with Crippen molar-refractivity contribution in [2.75, 3.05) is 6.26 Å². The van der Waals surface area contributed by atoms with Crippen LogP contribution >= 0.6 is 23.4 Å². The van der Waals surface area contributed by atoms with Gasteiger partial charge in [-0.2, -0.15) is 4.98 Å². The van der Waals surface area contributed by atoms with E-state index in [4.69, 9.17) is 16.3 Å². The van der Waals surface area contributed by atoms with Crippen molar-refractivity contribution >= 4 is 23.4 Å². The predicted molar refractivity (Wildman–Crippen MR) is 70.1 cm³/mol. The zero-order chi connectivity index (χ0) is 12.3. The first-order valence-corrected chi connectivity index (χ1v) is 6.61. The van der Waals surface area contributed by atoms with Crippen molar-refractivity contribution in [1.29, 1.82) is 0 Å². The van der Waals surface area contributed by atoms with Gasteiger partial charge in [0.1, 0.15) is 10.9 Å². The maximum absolute atomic E-state index is 5.88. The smallest absolute Gasteiger partial charge is 0.224 e. The molecular formula is C12H11ClN2OS. The number of halogens is 1. The highest BCUT2D eigenvalue weighted by Gasteiger charge is 2.04. The third-order valence-electron chi connectivity index (χ3n) is 2.08. The number of rotatable bonds is 3. The molecule has 88 valence electrons. The molecule has 1 heterocycles. The fourth-order valence-corrected chi connectivity index (χ4v) is 1.84. The van der Waals surface area contributed by atoms with E-state index in [1.54, 1.807) is 6.07 Å². The van der Waals surface area contributed by atoms with Crippen LogP contribution in [0.2, 0.25) is 5.15 Å². The molecule has 0 spiro atoms. The van der Waals surface area contributed by atoms with Gasteiger partial charge in [-0.25, -0.2) is 4.98 Å². The monoisotopic (exact) mass is 266 g/mol. The van der Waals surface area contributed by atoms with Crippen LogP contribution in [0.1, 0.15) is 5.56 Å². The van der Waals surface area contributed by atoms with Crippen molar-refractivity contribution in [2.45, 2.75) is 12.1 Å². The third kappa shape index (κ3) is 3.35. The van der Waals surface area contributed by atoms with Crippen LogP contribution in [0.25, 0.3) is 0 Å². The molecule has 0 aliphatic rings. The highest BCUT2D eigenvalue weighted by Crippen LogP contribution is 2.24. The lowest BCUT2D eigenvalue weighted by Gasteiger charge is -2.06. The minimum atomic E-state index is 0.381. The molecule has 17 heavy (non-hydrogen) atoms. The van der Waals surface area contributed by atoms with Crippen molar-refractivity contribution in [3.8, 4) is 11.6 Å². The summed E-state index contributed by atoms with van der Waals surface area (Å²) in [5.74, 6) is 1.19. The van der Waals surface area contributed by atoms with E-state index in [-0.39, 0.29) is 0 Å². The number of hydrogen-bond acceptors (Lipinski definition) is 4. The molecule has 0 atom stereocenters. The van der Waals surface area contributed by atoms with Gasteiger partial charge in [0, 0.05) is 6.07 Å². The highest BCUT2D eigenvalue weighted by molar-refractivity contribution is 7.98. The van der Waals surface area contributed by atoms with E-state index < -0.39 is 0 Å². The standard InChI is InChI=1S/C12H11ClN2OS/c1-8-3-5-9(6-4-8)16-11-7-10(13)14-12(15-11)17-2/h3-7H,1-2H3. The summed E-state index contributed by atoms with van der Waals surface area (Å²) in [5.41, 5.74) is 1.18. The first-order valence-electron chi connectivity index (χ1n) is 5.00. The number of ether oxygens (including phenoxy) is 1. The fraction of sp³-hybridized carbons (Fsp3) is 0.167. The SMILES string of the molecule is CSc1nc(Cl)cc(Oc2ccc(C)cc2)n1. The van der Waals surface area contributed by atoms with Gasteiger partial charge >= 0.3 is 0 Å². The maximum Gasteiger partial charge on any atom is 0.224 e. The summed E-state index contributed by atoms with van der Waals surface area (Å²) < 4.78 is 5.61. The van der Waals surface area contributed by atoms with E-state index in [0.717, 1.165) is 5.75 Å². The number of aryl methyl sites for hydroxylation is 1. The summed E-state index contributed by atoms with van der Waals surface area (Å²) in [7, 11) is 0. The van der Waals surface area contributed by atoms with E-state index in [2.05, 4.69) is 9.97 Å². The van der Waals surface area contributed by atoms with Crippen LogP contribution < -0.4 is 4.74 Å². The summed E-state index contributed by atoms with van der Waals surface area (Å²) in [6.07, 6.45) is 1.89. The average Bonchev–Trinajstić information content (AvgIpc) is 2.31. The zero-order valence-electron chi connectivity index (χ0n) is 9.48. The molecule has 0 unspecified atom stereocenters. The lowest BCUT2D eigenvalue weighted by Crippen LogP contribution is -1.92. The molecule has 0 aliphatic carbocycles. The van der Waals surface area contributed by atoms with Gasteiger partial charge in [0.05, 0.1) is 0 Å². The van der Waals surface area contributed by atoms with Gasteiger partial charge in [-0.05, 0) is 25.3 Å². The van der Waals surface area contributed by atoms with Gasteiger partial charge < -0.3 is 4.74 Å². The molecule has 2 rings (SSSR count). The number of hydrogen-bond donors (Lipinski definition) is 0. The number of nitrogens with zero attached hydrogens (tertiary/aromatic N) is 2. The molecule has 2 aromatic rings. The van der Waals surface area contributed by atoms with Gasteiger partial charge in [0.25, 0.3) is 0 Å². The van der Waals surface area contributed by atoms with Crippen LogP contribution in [-0.4, -0.2) is 16.2 Å². The minimum Gasteiger partial charge on any atom is -0.439 e. The fourth-order valence-electron chi connectivity index (χ4n) is 1.25. The van der Waals surface area contributed by atoms with E-state index in [0.29, 0.717) is 16.2 Å². The molecule has 0 N–H and O–H groups in total. The topological polar surface area (TPSA) is 35.0 Å². The largest absolute Gasteiger partial charge is 0.439 e. The normalized spacial score (nSPS) is 10.3. The van der Waals surface area contributed by atoms with E-state index in [1.807, 2.05) is 37.4 Å². The van der Waals surface area contributed by atoms with Crippen molar-refractivity contribution in [3.05, 3.63) is 41.0 Å². The van der Waals surface area contributed by atoms with Crippen LogP contribution in [0.15, 0.2) is 35.5 Å². The average molecular weight is 267 g/mol. The van der Waals surface area contributed by atoms with Crippen LogP contribution in [-0.2, 0) is 0 Å². The molecule has 1 aromatic carbocycles. The Hall–Kier alpha value is -1.26. The predicted octanol–water partition coefficient (Wildman–Crippen LogP) is 3.95. The number of benzene rings is 1. The Morgan fingerprint density at radius 2 is 1.88 bits per heavy atom. The number of thioether (sulfide) groups is 1. The molecule has 0 fully saturated rings. The van der Waals surface area contributed by atoms with Gasteiger partial charge in [-0.15, -0.1) is 0 Å². The Morgan fingerprint density at radius 3 is 2.53 bits per heavy atom. The number of aromatic nitrogens is 2. The van der Waals surface area contributed by atoms with Crippen molar-refractivity contribution < 1.29 is 4.74 Å². The van der Waals surface area contributed by atoms with Crippen molar-refractivity contribution in [3.63, 3.8) is 0 Å². The molecule has 3 nitrogen and oxygen atoms in total. The molecule has 0 saturated heterocycles. The molecule has 5 heteroatoms. The van der Waals surface area contributed by atoms with Gasteiger partial charge in [0.15, 0.2) is 5.16 Å². The third-order valence-corrected chi connectivity index (χ3v) is 2.82. The van der Waals surface area contributed by atoms with Crippen molar-refractivity contribution in [2.24, 2.45) is 0 Å². The first kappa shape index (κ1) is 12.2. The van der Waals surface area contributed by atoms with Gasteiger partial charge in [-0.1, -0.05) is 41.1 Å². The van der Waals surface area contributed by atoms with Crippen LogP contribution in [0, 0.1) is 6.92 Å². The molecule has 0 aliphatic heterocycles. The summed E-state index contributed by atoms with van der Waals surface area (Å²) >= 11 is 7.30. The highest BCUT2D eigenvalue weighted by atomic mass is 35.5. The molecule has 0 radical (unpaired) electrons. The summed E-state index contributed by atoms with van der Waals surface area (Å²) in [6, 6.07) is 9.34. The van der Waals surface area contributed by atoms with Gasteiger partial charge in [0.2, 0.25) is 5.88 Å². The molecular weight excluding hydrogens is 256 g/mol. The lowest BCUT2D eigenvalue weighted by molar-refractivity contribution is 0.455.